The summed E-state index contributed by atoms with van der Waals surface area (Å²) in [6.45, 7) is 0. The van der Waals surface area contributed by atoms with Gasteiger partial charge in [0.1, 0.15) is 4.51 Å². The van der Waals surface area contributed by atoms with Gasteiger partial charge < -0.3 is 5.11 Å². The van der Waals surface area contributed by atoms with Gasteiger partial charge in [0, 0.05) is 11.4 Å². The van der Waals surface area contributed by atoms with Gasteiger partial charge in [0.15, 0.2) is 0 Å². The first kappa shape index (κ1) is 12.6. The van der Waals surface area contributed by atoms with E-state index in [2.05, 4.69) is 15.9 Å². The lowest BCUT2D eigenvalue weighted by atomic mass is 10.0. The quantitative estimate of drug-likeness (QED) is 0.845. The monoisotopic (exact) mass is 310 g/mol. The average Bonchev–Trinajstić information content (AvgIpc) is 2.30. The molecule has 3 heteroatoms. The van der Waals surface area contributed by atoms with Gasteiger partial charge in [-0.2, -0.15) is 0 Å². The van der Waals surface area contributed by atoms with E-state index in [-0.39, 0.29) is 0 Å². The molecule has 88 valence electrons. The Morgan fingerprint density at radius 3 is 2.18 bits per heavy atom. The maximum atomic E-state index is 10.4. The second-order valence-corrected chi connectivity index (χ2v) is 5.68. The molecule has 1 unspecified atom stereocenters. The topological polar surface area (TPSA) is 20.2 Å². The normalized spacial score (nSPS) is 14.3. The van der Waals surface area contributed by atoms with Crippen molar-refractivity contribution in [2.24, 2.45) is 0 Å². The molecule has 0 heterocycles. The lowest BCUT2D eigenvalue weighted by molar-refractivity contribution is 0.146. The van der Waals surface area contributed by atoms with Crippen LogP contribution < -0.4 is 0 Å². The van der Waals surface area contributed by atoms with Crippen LogP contribution in [0.2, 0.25) is 5.02 Å². The molecular formula is C14H12BrClO. The first-order valence-electron chi connectivity index (χ1n) is 5.29. The predicted molar refractivity (Wildman–Crippen MR) is 74.4 cm³/mol. The van der Waals surface area contributed by atoms with E-state index in [0.29, 0.717) is 11.4 Å². The van der Waals surface area contributed by atoms with Gasteiger partial charge in [-0.15, -0.1) is 0 Å². The minimum Gasteiger partial charge on any atom is -0.374 e. The second kappa shape index (κ2) is 5.21. The molecule has 1 atom stereocenters. The third-order valence-corrected chi connectivity index (χ3v) is 3.56. The summed E-state index contributed by atoms with van der Waals surface area (Å²) in [5.74, 6) is 0. The molecule has 0 aliphatic heterocycles. The minimum absolute atomic E-state index is 0.509. The van der Waals surface area contributed by atoms with Gasteiger partial charge >= 0.3 is 0 Å². The van der Waals surface area contributed by atoms with Crippen molar-refractivity contribution in [1.29, 1.82) is 0 Å². The molecule has 0 aliphatic rings. The van der Waals surface area contributed by atoms with Crippen molar-refractivity contribution in [3.8, 4) is 0 Å². The Hall–Kier alpha value is -0.830. The van der Waals surface area contributed by atoms with Gasteiger partial charge in [-0.25, -0.2) is 0 Å². The van der Waals surface area contributed by atoms with Crippen LogP contribution in [0.5, 0.6) is 0 Å². The highest BCUT2D eigenvalue weighted by Gasteiger charge is 2.25. The number of hydrogen-bond donors (Lipinski definition) is 1. The average molecular weight is 312 g/mol. The van der Waals surface area contributed by atoms with Crippen molar-refractivity contribution in [2.75, 3.05) is 0 Å². The van der Waals surface area contributed by atoms with Gasteiger partial charge in [-0.1, -0.05) is 54.1 Å². The third kappa shape index (κ3) is 3.32. The van der Waals surface area contributed by atoms with E-state index in [9.17, 15) is 5.11 Å². The molecule has 0 spiro atoms. The van der Waals surface area contributed by atoms with Gasteiger partial charge in [-0.05, 0) is 39.2 Å². The van der Waals surface area contributed by atoms with Crippen molar-refractivity contribution < 1.29 is 5.11 Å². The number of alkyl halides is 1. The van der Waals surface area contributed by atoms with Crippen molar-refractivity contribution in [3.05, 3.63) is 70.7 Å². The van der Waals surface area contributed by atoms with Gasteiger partial charge in [0.2, 0.25) is 0 Å². The number of aliphatic hydroxyl groups is 1. The maximum Gasteiger partial charge on any atom is 0.148 e. The Balaban J connectivity index is 2.21. The minimum atomic E-state index is -1.06. The molecule has 17 heavy (non-hydrogen) atoms. The Morgan fingerprint density at radius 1 is 1.00 bits per heavy atom. The summed E-state index contributed by atoms with van der Waals surface area (Å²) in [5.41, 5.74) is 1.87. The lowest BCUT2D eigenvalue weighted by Crippen LogP contribution is -2.20. The molecule has 0 bridgehead atoms. The summed E-state index contributed by atoms with van der Waals surface area (Å²) in [6.07, 6.45) is 0.509. The van der Waals surface area contributed by atoms with E-state index in [1.165, 1.54) is 0 Å². The Labute approximate surface area is 114 Å². The fourth-order valence-corrected chi connectivity index (χ4v) is 2.39. The van der Waals surface area contributed by atoms with E-state index in [4.69, 9.17) is 11.6 Å². The Bertz CT molecular complexity index is 479. The Morgan fingerprint density at radius 2 is 1.59 bits per heavy atom. The maximum absolute atomic E-state index is 10.4. The number of benzene rings is 2. The SMILES string of the molecule is OC(Br)(Cc1ccccc1)c1ccc(Cl)cc1. The largest absolute Gasteiger partial charge is 0.374 e. The first-order valence-corrected chi connectivity index (χ1v) is 6.46. The van der Waals surface area contributed by atoms with Crippen LogP contribution in [0.15, 0.2) is 54.6 Å². The molecule has 0 aromatic heterocycles. The standard InChI is InChI=1S/C14H12BrClO/c15-14(17,10-11-4-2-1-3-5-11)12-6-8-13(16)9-7-12/h1-9,17H,10H2. The lowest BCUT2D eigenvalue weighted by Gasteiger charge is -2.21. The van der Waals surface area contributed by atoms with Crippen LogP contribution in [0.1, 0.15) is 11.1 Å². The molecule has 1 N–H and O–H groups in total. The molecule has 2 aromatic rings. The van der Waals surface area contributed by atoms with E-state index in [0.717, 1.165) is 11.1 Å². The zero-order valence-corrected chi connectivity index (χ0v) is 11.4. The second-order valence-electron chi connectivity index (χ2n) is 3.93. The van der Waals surface area contributed by atoms with E-state index in [1.807, 2.05) is 42.5 Å². The molecular weight excluding hydrogens is 300 g/mol. The van der Waals surface area contributed by atoms with Gasteiger partial charge in [-0.3, -0.25) is 0 Å². The van der Waals surface area contributed by atoms with Crippen molar-refractivity contribution in [3.63, 3.8) is 0 Å². The van der Waals surface area contributed by atoms with Gasteiger partial charge in [0.05, 0.1) is 0 Å². The van der Waals surface area contributed by atoms with E-state index in [1.54, 1.807) is 12.1 Å². The molecule has 0 saturated carbocycles. The van der Waals surface area contributed by atoms with Crippen LogP contribution in [0.4, 0.5) is 0 Å². The summed E-state index contributed by atoms with van der Waals surface area (Å²) >= 11 is 9.19. The summed E-state index contributed by atoms with van der Waals surface area (Å²) in [7, 11) is 0. The summed E-state index contributed by atoms with van der Waals surface area (Å²) in [6, 6.07) is 17.0. The molecule has 0 aliphatic carbocycles. The number of hydrogen-bond acceptors (Lipinski definition) is 1. The fraction of sp³-hybridized carbons (Fsp3) is 0.143. The van der Waals surface area contributed by atoms with Crippen LogP contribution in [0, 0.1) is 0 Å². The molecule has 0 fully saturated rings. The van der Waals surface area contributed by atoms with Crippen LogP contribution in [0.25, 0.3) is 0 Å². The number of halogens is 2. The first-order chi connectivity index (χ1) is 8.08. The highest BCUT2D eigenvalue weighted by atomic mass is 79.9. The smallest absolute Gasteiger partial charge is 0.148 e. The molecule has 0 radical (unpaired) electrons. The van der Waals surface area contributed by atoms with Crippen molar-refractivity contribution in [1.82, 2.24) is 0 Å². The highest BCUT2D eigenvalue weighted by Crippen LogP contribution is 2.32. The number of rotatable bonds is 3. The summed E-state index contributed by atoms with van der Waals surface area (Å²) in [4.78, 5) is 0. The van der Waals surface area contributed by atoms with Crippen LogP contribution in [-0.2, 0) is 10.9 Å². The van der Waals surface area contributed by atoms with Crippen LogP contribution >= 0.6 is 27.5 Å². The van der Waals surface area contributed by atoms with E-state index < -0.39 is 4.51 Å². The van der Waals surface area contributed by atoms with E-state index >= 15 is 0 Å². The fourth-order valence-electron chi connectivity index (χ4n) is 1.67. The molecule has 1 nitrogen and oxygen atoms in total. The van der Waals surface area contributed by atoms with Crippen molar-refractivity contribution in [2.45, 2.75) is 10.9 Å². The zero-order valence-electron chi connectivity index (χ0n) is 9.11. The highest BCUT2D eigenvalue weighted by molar-refractivity contribution is 9.09. The van der Waals surface area contributed by atoms with Crippen molar-refractivity contribution >= 4 is 27.5 Å². The van der Waals surface area contributed by atoms with Gasteiger partial charge in [0.25, 0.3) is 0 Å². The Kier molecular flexibility index (Phi) is 3.87. The third-order valence-electron chi connectivity index (χ3n) is 2.57. The predicted octanol–water partition coefficient (Wildman–Crippen LogP) is 4.12. The molecule has 0 amide bonds. The van der Waals surface area contributed by atoms with Crippen LogP contribution in [0.3, 0.4) is 0 Å². The summed E-state index contributed by atoms with van der Waals surface area (Å²) < 4.78 is -1.06. The molecule has 2 aromatic carbocycles. The zero-order chi connectivity index (χ0) is 12.3. The molecule has 2 rings (SSSR count). The summed E-state index contributed by atoms with van der Waals surface area (Å²) in [5, 5.41) is 11.1. The van der Waals surface area contributed by atoms with Crippen LogP contribution in [-0.4, -0.2) is 5.11 Å². The molecule has 0 saturated heterocycles.